The van der Waals surface area contributed by atoms with Gasteiger partial charge in [-0.05, 0) is 90.3 Å². The molecule has 59 heavy (non-hydrogen) atoms. The monoisotopic (exact) mass is 785 g/mol. The maximum absolute atomic E-state index is 6.95. The van der Waals surface area contributed by atoms with Gasteiger partial charge >= 0.3 is 0 Å². The van der Waals surface area contributed by atoms with E-state index in [9.17, 15) is 0 Å². The molecular formula is C54H36BNOSSi. The van der Waals surface area contributed by atoms with Gasteiger partial charge in [-0.1, -0.05) is 199 Å². The minimum Gasteiger partial charge on any atom is -0.458 e. The molecule has 9 aromatic rings. The van der Waals surface area contributed by atoms with Gasteiger partial charge in [-0.2, -0.15) is 0 Å². The summed E-state index contributed by atoms with van der Waals surface area (Å²) in [6.07, 6.45) is 0. The minimum absolute atomic E-state index is 0.0235. The molecule has 0 atom stereocenters. The van der Waals surface area contributed by atoms with Gasteiger partial charge in [-0.3, -0.25) is 0 Å². The summed E-state index contributed by atoms with van der Waals surface area (Å²) in [4.78, 5) is 5.07. The van der Waals surface area contributed by atoms with Gasteiger partial charge in [0, 0.05) is 21.2 Å². The lowest BCUT2D eigenvalue weighted by Crippen LogP contribution is -2.77. The highest BCUT2D eigenvalue weighted by Gasteiger charge is 2.50. The Morgan fingerprint density at radius 1 is 0.407 bits per heavy atom. The molecule has 0 N–H and O–H groups in total. The summed E-state index contributed by atoms with van der Waals surface area (Å²) in [5.74, 6) is 1.84. The number of ether oxygens (including phenoxy) is 1. The Hall–Kier alpha value is -6.79. The molecule has 3 aliphatic heterocycles. The van der Waals surface area contributed by atoms with E-state index >= 15 is 0 Å². The quantitative estimate of drug-likeness (QED) is 0.162. The third-order valence-electron chi connectivity index (χ3n) is 12.5. The standard InChI is InChI=1S/C54H36BNOSSi/c1-5-17-37(18-6-1)39-29-32-48-43(35-39)55-44-36-40(38-19-7-2-8-20-38)30-34-50(44)58-54-47(31-33-49(57-48)53(54)55)56-45-25-13-15-27-51(45)59(41-21-9-3-10-22-41,42-23-11-4-12-24-42)52-28-16-14-26-46(52)56/h1-36H. The van der Waals surface area contributed by atoms with Gasteiger partial charge in [0.2, 0.25) is 0 Å². The van der Waals surface area contributed by atoms with Crippen molar-refractivity contribution in [3.8, 4) is 33.8 Å². The second kappa shape index (κ2) is 13.7. The fraction of sp³-hybridized carbons (Fsp3) is 0. The SMILES string of the molecule is c1ccc(-c2ccc3c(c2)B2c4cc(-c5ccccc5)ccc4Sc4c(N5c6ccccc6[Si](c6ccccc6)(c6ccccc6)c6ccccc65)ccc(c42)O3)cc1. The zero-order chi connectivity index (χ0) is 38.9. The van der Waals surface area contributed by atoms with Crippen molar-refractivity contribution in [2.75, 3.05) is 4.90 Å². The van der Waals surface area contributed by atoms with Crippen LogP contribution in [0.2, 0.25) is 0 Å². The fourth-order valence-corrected chi connectivity index (χ4v) is 16.3. The molecule has 276 valence electrons. The minimum atomic E-state index is -2.76. The van der Waals surface area contributed by atoms with Crippen molar-refractivity contribution < 1.29 is 4.74 Å². The van der Waals surface area contributed by atoms with E-state index in [0.29, 0.717) is 0 Å². The smallest absolute Gasteiger partial charge is 0.254 e. The van der Waals surface area contributed by atoms with Crippen molar-refractivity contribution in [1.82, 2.24) is 0 Å². The highest BCUT2D eigenvalue weighted by molar-refractivity contribution is 8.00. The van der Waals surface area contributed by atoms with Gasteiger partial charge in [0.15, 0.2) is 8.07 Å². The maximum atomic E-state index is 6.95. The van der Waals surface area contributed by atoms with Crippen LogP contribution >= 0.6 is 11.8 Å². The van der Waals surface area contributed by atoms with Crippen molar-refractivity contribution in [3.05, 3.63) is 218 Å². The predicted molar refractivity (Wildman–Crippen MR) is 251 cm³/mol. The number of hydrogen-bond acceptors (Lipinski definition) is 3. The van der Waals surface area contributed by atoms with Gasteiger partial charge in [0.05, 0.1) is 5.69 Å². The van der Waals surface area contributed by atoms with Crippen LogP contribution in [0.3, 0.4) is 0 Å². The Morgan fingerprint density at radius 3 is 1.49 bits per heavy atom. The molecule has 3 heterocycles. The molecule has 0 fully saturated rings. The van der Waals surface area contributed by atoms with E-state index in [4.69, 9.17) is 4.74 Å². The lowest BCUT2D eigenvalue weighted by molar-refractivity contribution is 0.486. The van der Waals surface area contributed by atoms with Gasteiger partial charge < -0.3 is 9.64 Å². The highest BCUT2D eigenvalue weighted by atomic mass is 32.2. The topological polar surface area (TPSA) is 12.5 Å². The third kappa shape index (κ3) is 5.22. The van der Waals surface area contributed by atoms with Crippen molar-refractivity contribution >= 4 is 80.7 Å². The molecule has 0 amide bonds. The number of benzene rings is 9. The van der Waals surface area contributed by atoms with Crippen LogP contribution in [-0.2, 0) is 0 Å². The second-order valence-electron chi connectivity index (χ2n) is 15.6. The first-order chi connectivity index (χ1) is 29.3. The molecule has 0 aliphatic carbocycles. The van der Waals surface area contributed by atoms with Gasteiger partial charge in [0.1, 0.15) is 11.5 Å². The Balaban J connectivity index is 1.12. The van der Waals surface area contributed by atoms with E-state index in [0.717, 1.165) is 11.5 Å². The number of anilines is 3. The number of rotatable bonds is 5. The summed E-state index contributed by atoms with van der Waals surface area (Å²) < 4.78 is 6.95. The lowest BCUT2D eigenvalue weighted by atomic mass is 9.35. The van der Waals surface area contributed by atoms with Crippen molar-refractivity contribution in [3.63, 3.8) is 0 Å². The summed E-state index contributed by atoms with van der Waals surface area (Å²) in [6, 6.07) is 80.7. The Kier molecular flexibility index (Phi) is 7.94. The zero-order valence-electron chi connectivity index (χ0n) is 32.1. The molecule has 0 saturated carbocycles. The molecular weight excluding hydrogens is 750 g/mol. The number of hydrogen-bond donors (Lipinski definition) is 0. The first kappa shape index (κ1) is 34.3. The molecule has 2 nitrogen and oxygen atoms in total. The number of nitrogens with zero attached hydrogens (tertiary/aromatic N) is 1. The molecule has 0 unspecified atom stereocenters. The predicted octanol–water partition coefficient (Wildman–Crippen LogP) is 9.27. The molecule has 9 aromatic carbocycles. The Labute approximate surface area is 350 Å². The average molecular weight is 786 g/mol. The summed E-state index contributed by atoms with van der Waals surface area (Å²) in [5, 5.41) is 5.55. The maximum Gasteiger partial charge on any atom is 0.254 e. The van der Waals surface area contributed by atoms with Crippen molar-refractivity contribution in [1.29, 1.82) is 0 Å². The second-order valence-corrected chi connectivity index (χ2v) is 20.3. The highest BCUT2D eigenvalue weighted by Crippen LogP contribution is 2.48. The molecule has 3 aliphatic rings. The molecule has 12 rings (SSSR count). The van der Waals surface area contributed by atoms with E-state index in [1.54, 1.807) is 0 Å². The normalized spacial score (nSPS) is 13.9. The van der Waals surface area contributed by atoms with E-state index in [-0.39, 0.29) is 6.71 Å². The summed E-state index contributed by atoms with van der Waals surface area (Å²) in [7, 11) is -2.76. The molecule has 0 saturated heterocycles. The van der Waals surface area contributed by atoms with E-state index in [1.165, 1.54) is 86.2 Å². The zero-order valence-corrected chi connectivity index (χ0v) is 33.9. The number of para-hydroxylation sites is 2. The summed E-state index contributed by atoms with van der Waals surface area (Å²) in [6.45, 7) is -0.0235. The van der Waals surface area contributed by atoms with Gasteiger partial charge in [-0.25, -0.2) is 0 Å². The van der Waals surface area contributed by atoms with Crippen LogP contribution < -0.4 is 46.8 Å². The van der Waals surface area contributed by atoms with E-state index < -0.39 is 8.07 Å². The van der Waals surface area contributed by atoms with Crippen LogP contribution in [0, 0.1) is 0 Å². The molecule has 5 heteroatoms. The van der Waals surface area contributed by atoms with Gasteiger partial charge in [-0.15, -0.1) is 0 Å². The van der Waals surface area contributed by atoms with E-state index in [2.05, 4.69) is 223 Å². The largest absolute Gasteiger partial charge is 0.458 e. The molecule has 0 radical (unpaired) electrons. The third-order valence-corrected chi connectivity index (χ3v) is 18.5. The summed E-state index contributed by atoms with van der Waals surface area (Å²) >= 11 is 1.88. The van der Waals surface area contributed by atoms with Crippen LogP contribution in [-0.4, -0.2) is 14.8 Å². The first-order valence-electron chi connectivity index (χ1n) is 20.3. The Morgan fingerprint density at radius 2 is 0.898 bits per heavy atom. The van der Waals surface area contributed by atoms with Crippen LogP contribution in [0.1, 0.15) is 0 Å². The fourth-order valence-electron chi connectivity index (χ4n) is 9.95. The summed E-state index contributed by atoms with van der Waals surface area (Å²) in [5.41, 5.74) is 12.2. The van der Waals surface area contributed by atoms with Crippen molar-refractivity contribution in [2.24, 2.45) is 0 Å². The van der Waals surface area contributed by atoms with E-state index in [1.807, 2.05) is 11.8 Å². The molecule has 0 spiro atoms. The van der Waals surface area contributed by atoms with Crippen molar-refractivity contribution in [2.45, 2.75) is 9.79 Å². The van der Waals surface area contributed by atoms with Gasteiger partial charge in [0.25, 0.3) is 6.71 Å². The van der Waals surface area contributed by atoms with Crippen LogP contribution in [0.15, 0.2) is 228 Å². The Bertz CT molecular complexity index is 2930. The first-order valence-corrected chi connectivity index (χ1v) is 23.1. The number of fused-ring (bicyclic) bond motifs is 6. The molecule has 0 aromatic heterocycles. The van der Waals surface area contributed by atoms with Crippen LogP contribution in [0.25, 0.3) is 22.3 Å². The molecule has 0 bridgehead atoms. The average Bonchev–Trinajstić information content (AvgIpc) is 3.32. The lowest BCUT2D eigenvalue weighted by Gasteiger charge is -2.46. The van der Waals surface area contributed by atoms with Crippen LogP contribution in [0.5, 0.6) is 11.5 Å². The van der Waals surface area contributed by atoms with Crippen LogP contribution in [0.4, 0.5) is 17.1 Å².